The molecule has 45 heavy (non-hydrogen) atoms. The number of hydrogen-bond acceptors (Lipinski definition) is 6. The number of rotatable bonds is 0. The number of hydrogen-bond donors (Lipinski definition) is 0. The summed E-state index contributed by atoms with van der Waals surface area (Å²) in [6.07, 6.45) is 0. The largest absolute Gasteiger partial charge is 0.289 e. The van der Waals surface area contributed by atoms with E-state index in [9.17, 15) is 14.4 Å². The van der Waals surface area contributed by atoms with Gasteiger partial charge < -0.3 is 0 Å². The van der Waals surface area contributed by atoms with E-state index < -0.39 is 0 Å². The molecule has 9 rings (SSSR count). The van der Waals surface area contributed by atoms with Crippen LogP contribution in [0.3, 0.4) is 0 Å². The summed E-state index contributed by atoms with van der Waals surface area (Å²) in [4.78, 5) is 36.3. The van der Waals surface area contributed by atoms with Crippen LogP contribution >= 0.6 is 34.0 Å². The monoisotopic (exact) mass is 636 g/mol. The van der Waals surface area contributed by atoms with E-state index in [1.54, 1.807) is 34.0 Å². The average Bonchev–Trinajstić information content (AvgIpc) is 3.09. The van der Waals surface area contributed by atoms with Gasteiger partial charge in [-0.05, 0) is 72.8 Å². The van der Waals surface area contributed by atoms with Crippen LogP contribution in [0.25, 0.3) is 60.5 Å². The van der Waals surface area contributed by atoms with Crippen molar-refractivity contribution in [3.05, 3.63) is 176 Å². The topological polar surface area (TPSA) is 51.2 Å². The predicted octanol–water partition coefficient (Wildman–Crippen LogP) is 10.2. The van der Waals surface area contributed by atoms with Gasteiger partial charge in [0.15, 0.2) is 16.3 Å². The van der Waals surface area contributed by atoms with Crippen molar-refractivity contribution in [2.75, 3.05) is 0 Å². The third kappa shape index (κ3) is 5.67. The minimum absolute atomic E-state index is 0.139. The average molecular weight is 637 g/mol. The minimum Gasteiger partial charge on any atom is -0.289 e. The maximum Gasteiger partial charge on any atom is 0.195 e. The molecule has 6 heteroatoms. The van der Waals surface area contributed by atoms with Crippen LogP contribution in [0.2, 0.25) is 0 Å². The van der Waals surface area contributed by atoms with Gasteiger partial charge in [0.2, 0.25) is 0 Å². The van der Waals surface area contributed by atoms with Gasteiger partial charge in [0.25, 0.3) is 0 Å². The Kier molecular flexibility index (Phi) is 8.01. The summed E-state index contributed by atoms with van der Waals surface area (Å²) in [5.74, 6) is 0. The molecule has 0 spiro atoms. The Morgan fingerprint density at radius 1 is 0.244 bits per heavy atom. The Morgan fingerprint density at radius 2 is 0.400 bits per heavy atom. The van der Waals surface area contributed by atoms with E-state index in [2.05, 4.69) is 0 Å². The molecule has 0 bridgehead atoms. The van der Waals surface area contributed by atoms with E-state index in [0.717, 1.165) is 60.5 Å². The van der Waals surface area contributed by atoms with Gasteiger partial charge >= 0.3 is 0 Å². The van der Waals surface area contributed by atoms with Crippen LogP contribution in [0, 0.1) is 0 Å². The first-order chi connectivity index (χ1) is 22.1. The van der Waals surface area contributed by atoms with E-state index in [4.69, 9.17) is 0 Å². The van der Waals surface area contributed by atoms with Crippen molar-refractivity contribution in [3.8, 4) is 0 Å². The third-order valence-corrected chi connectivity index (χ3v) is 10.9. The molecule has 3 heterocycles. The standard InChI is InChI=1S/3C13H8OS/c3*14-13-9-5-1-3-7-11(9)15-12-8-4-2-6-10(12)13/h3*1-8H. The lowest BCUT2D eigenvalue weighted by atomic mass is 10.2. The molecule has 0 amide bonds. The lowest BCUT2D eigenvalue weighted by Gasteiger charge is -1.99. The fraction of sp³-hybridized carbons (Fsp3) is 0. The van der Waals surface area contributed by atoms with Gasteiger partial charge in [0.05, 0.1) is 0 Å². The zero-order valence-corrected chi connectivity index (χ0v) is 26.3. The van der Waals surface area contributed by atoms with Gasteiger partial charge in [0, 0.05) is 60.5 Å². The second-order valence-corrected chi connectivity index (χ2v) is 13.5. The smallest absolute Gasteiger partial charge is 0.195 e. The lowest BCUT2D eigenvalue weighted by Crippen LogP contribution is -1.99. The van der Waals surface area contributed by atoms with E-state index >= 15 is 0 Å². The van der Waals surface area contributed by atoms with Crippen molar-refractivity contribution < 1.29 is 0 Å². The molecule has 0 saturated heterocycles. The van der Waals surface area contributed by atoms with Crippen LogP contribution in [-0.4, -0.2) is 0 Å². The van der Waals surface area contributed by atoms with Gasteiger partial charge in [-0.2, -0.15) is 0 Å². The maximum absolute atomic E-state index is 12.1. The fourth-order valence-corrected chi connectivity index (χ4v) is 8.46. The summed E-state index contributed by atoms with van der Waals surface area (Å²) in [6.45, 7) is 0. The molecule has 3 nitrogen and oxygen atoms in total. The Bertz CT molecular complexity index is 2220. The highest BCUT2D eigenvalue weighted by molar-refractivity contribution is 7.25. The summed E-state index contributed by atoms with van der Waals surface area (Å²) < 4.78 is 6.34. The minimum atomic E-state index is 0.139. The first kappa shape index (κ1) is 28.7. The Labute approximate surface area is 269 Å². The van der Waals surface area contributed by atoms with Gasteiger partial charge in [-0.3, -0.25) is 14.4 Å². The normalized spacial score (nSPS) is 10.9. The fourth-order valence-electron chi connectivity index (χ4n) is 5.25. The zero-order valence-electron chi connectivity index (χ0n) is 23.8. The second-order valence-electron chi connectivity index (χ2n) is 10.3. The van der Waals surface area contributed by atoms with E-state index in [1.807, 2.05) is 146 Å². The number of benzene rings is 6. The molecule has 216 valence electrons. The van der Waals surface area contributed by atoms with Gasteiger partial charge in [-0.1, -0.05) is 72.8 Å². The molecule has 0 N–H and O–H groups in total. The summed E-state index contributed by atoms with van der Waals surface area (Å²) in [5.41, 5.74) is 0.417. The quantitative estimate of drug-likeness (QED) is 0.156. The highest BCUT2D eigenvalue weighted by atomic mass is 32.1. The van der Waals surface area contributed by atoms with Crippen LogP contribution in [0.1, 0.15) is 0 Å². The molecule has 0 aliphatic carbocycles. The van der Waals surface area contributed by atoms with E-state index in [0.29, 0.717) is 0 Å². The van der Waals surface area contributed by atoms with Crippen LogP contribution < -0.4 is 16.3 Å². The maximum atomic E-state index is 12.1. The Balaban J connectivity index is 0.000000108. The predicted molar refractivity (Wildman–Crippen MR) is 197 cm³/mol. The van der Waals surface area contributed by atoms with Crippen molar-refractivity contribution in [3.63, 3.8) is 0 Å². The van der Waals surface area contributed by atoms with Gasteiger partial charge in [-0.15, -0.1) is 34.0 Å². The molecular formula is C39H24O3S3. The summed E-state index contributed by atoms with van der Waals surface area (Å²) in [6, 6.07) is 46.5. The first-order valence-corrected chi connectivity index (χ1v) is 16.8. The zero-order chi connectivity index (χ0) is 30.8. The molecule has 6 aromatic carbocycles. The molecular weight excluding hydrogens is 613 g/mol. The van der Waals surface area contributed by atoms with Crippen LogP contribution in [0.5, 0.6) is 0 Å². The van der Waals surface area contributed by atoms with Crippen molar-refractivity contribution in [1.82, 2.24) is 0 Å². The Hall–Kier alpha value is -5.01. The molecule has 0 aliphatic rings. The van der Waals surface area contributed by atoms with Crippen molar-refractivity contribution in [1.29, 1.82) is 0 Å². The summed E-state index contributed by atoms with van der Waals surface area (Å²) in [7, 11) is 0. The first-order valence-electron chi connectivity index (χ1n) is 14.3. The van der Waals surface area contributed by atoms with Crippen LogP contribution in [0.15, 0.2) is 160 Å². The van der Waals surface area contributed by atoms with Crippen LogP contribution in [0.4, 0.5) is 0 Å². The van der Waals surface area contributed by atoms with Gasteiger partial charge in [0.1, 0.15) is 0 Å². The highest BCUT2D eigenvalue weighted by Gasteiger charge is 2.05. The summed E-state index contributed by atoms with van der Waals surface area (Å²) in [5, 5.41) is 4.92. The molecule has 0 radical (unpaired) electrons. The van der Waals surface area contributed by atoms with E-state index in [-0.39, 0.29) is 16.3 Å². The van der Waals surface area contributed by atoms with Crippen molar-refractivity contribution >= 4 is 94.5 Å². The lowest BCUT2D eigenvalue weighted by molar-refractivity contribution is 1.75. The molecule has 9 aromatic rings. The molecule has 0 fully saturated rings. The SMILES string of the molecule is O=c1c2ccccc2sc2ccccc12.O=c1c2ccccc2sc2ccccc12.O=c1c2ccccc2sc2ccccc12. The number of fused-ring (bicyclic) bond motifs is 6. The molecule has 0 saturated carbocycles. The van der Waals surface area contributed by atoms with Crippen molar-refractivity contribution in [2.24, 2.45) is 0 Å². The summed E-state index contributed by atoms with van der Waals surface area (Å²) >= 11 is 5.00. The van der Waals surface area contributed by atoms with E-state index in [1.165, 1.54) is 0 Å². The molecule has 0 unspecified atom stereocenters. The van der Waals surface area contributed by atoms with Crippen LogP contribution in [-0.2, 0) is 0 Å². The van der Waals surface area contributed by atoms with Gasteiger partial charge in [-0.25, -0.2) is 0 Å². The molecule has 3 aromatic heterocycles. The second kappa shape index (κ2) is 12.5. The third-order valence-electron chi connectivity index (χ3n) is 7.45. The molecule has 0 atom stereocenters. The highest BCUT2D eigenvalue weighted by Crippen LogP contribution is 2.26. The Morgan fingerprint density at radius 3 is 0.578 bits per heavy atom. The molecule has 0 aliphatic heterocycles. The van der Waals surface area contributed by atoms with Crippen molar-refractivity contribution in [2.45, 2.75) is 0 Å².